The molecule has 0 aliphatic carbocycles. The number of carbonyl (C=O) groups is 2. The highest BCUT2D eigenvalue weighted by Gasteiger charge is 2.27. The molecule has 0 aliphatic rings. The van der Waals surface area contributed by atoms with Gasteiger partial charge < -0.3 is 16.8 Å². The summed E-state index contributed by atoms with van der Waals surface area (Å²) < 4.78 is 27.6. The van der Waals surface area contributed by atoms with Crippen LogP contribution in [-0.2, 0) is 14.8 Å². The molecule has 0 aliphatic heterocycles. The second kappa shape index (κ2) is 13.7. The maximum atomic E-state index is 13.3. The van der Waals surface area contributed by atoms with Crippen LogP contribution in [0.5, 0.6) is 0 Å². The van der Waals surface area contributed by atoms with Crippen molar-refractivity contribution in [2.45, 2.75) is 29.7 Å². The monoisotopic (exact) mass is 589 g/mol. The standard InChI is InChI=1S/C30H31N5O4S2/c31-30(32)33-20-10-17-24(28(36)35-41(38,39)23-15-8-3-9-16-23)34-29(37)26-19-18-25(40-26)27(21-11-4-1-5-12-21)22-13-6-2-7-14-22/h1-9,11-16,18-19,24,27H,10,17,20H2,(H,34,37)(H,35,36)(H4,31,32,33)/t24-/m0/s1. The van der Waals surface area contributed by atoms with E-state index in [1.54, 1.807) is 24.3 Å². The average molecular weight is 590 g/mol. The van der Waals surface area contributed by atoms with Crippen molar-refractivity contribution in [2.24, 2.45) is 16.5 Å². The molecule has 0 saturated carbocycles. The first-order chi connectivity index (χ1) is 19.7. The Morgan fingerprint density at radius 1 is 0.805 bits per heavy atom. The number of nitrogens with two attached hydrogens (primary N) is 2. The third-order valence-electron chi connectivity index (χ3n) is 6.26. The number of benzene rings is 3. The molecule has 0 bridgehead atoms. The molecule has 212 valence electrons. The molecule has 41 heavy (non-hydrogen) atoms. The largest absolute Gasteiger partial charge is 0.370 e. The lowest BCUT2D eigenvalue weighted by molar-refractivity contribution is -0.121. The van der Waals surface area contributed by atoms with Crippen LogP contribution in [0.15, 0.2) is 113 Å². The Balaban J connectivity index is 1.55. The molecule has 0 radical (unpaired) electrons. The second-order valence-electron chi connectivity index (χ2n) is 9.21. The maximum Gasteiger partial charge on any atom is 0.264 e. The number of thiophene rings is 1. The van der Waals surface area contributed by atoms with Crippen LogP contribution >= 0.6 is 11.3 Å². The van der Waals surface area contributed by atoms with Crippen LogP contribution in [0.4, 0.5) is 0 Å². The minimum absolute atomic E-state index is 0.0605. The van der Waals surface area contributed by atoms with Crippen molar-refractivity contribution in [1.29, 1.82) is 0 Å². The first kappa shape index (κ1) is 29.5. The lowest BCUT2D eigenvalue weighted by atomic mass is 9.90. The summed E-state index contributed by atoms with van der Waals surface area (Å²) in [6.45, 7) is 0.215. The molecule has 4 aromatic rings. The summed E-state index contributed by atoms with van der Waals surface area (Å²) in [4.78, 5) is 31.7. The van der Waals surface area contributed by atoms with Crippen LogP contribution in [0, 0.1) is 0 Å². The van der Waals surface area contributed by atoms with E-state index in [1.165, 1.54) is 23.5 Å². The fourth-order valence-electron chi connectivity index (χ4n) is 4.31. The van der Waals surface area contributed by atoms with E-state index in [9.17, 15) is 18.0 Å². The molecule has 11 heteroatoms. The van der Waals surface area contributed by atoms with Crippen LogP contribution in [0.3, 0.4) is 0 Å². The molecule has 0 saturated heterocycles. The zero-order valence-corrected chi connectivity index (χ0v) is 23.8. The van der Waals surface area contributed by atoms with E-state index in [-0.39, 0.29) is 29.7 Å². The van der Waals surface area contributed by atoms with Crippen LogP contribution < -0.4 is 21.5 Å². The van der Waals surface area contributed by atoms with Crippen LogP contribution in [0.2, 0.25) is 0 Å². The number of aliphatic imine (C=N–C) groups is 1. The number of sulfonamides is 1. The summed E-state index contributed by atoms with van der Waals surface area (Å²) in [5, 5.41) is 2.71. The third-order valence-corrected chi connectivity index (χ3v) is 8.77. The molecule has 3 aromatic carbocycles. The predicted octanol–water partition coefficient (Wildman–Crippen LogP) is 3.59. The van der Waals surface area contributed by atoms with Crippen LogP contribution in [0.25, 0.3) is 0 Å². The molecule has 0 spiro atoms. The van der Waals surface area contributed by atoms with Crippen molar-refractivity contribution in [3.8, 4) is 0 Å². The fraction of sp³-hybridized carbons (Fsp3) is 0.167. The number of rotatable bonds is 12. The van der Waals surface area contributed by atoms with E-state index in [2.05, 4.69) is 15.0 Å². The van der Waals surface area contributed by atoms with Gasteiger partial charge in [0, 0.05) is 17.3 Å². The van der Waals surface area contributed by atoms with Crippen molar-refractivity contribution in [3.63, 3.8) is 0 Å². The predicted molar refractivity (Wildman–Crippen MR) is 161 cm³/mol. The Labute approximate surface area is 243 Å². The van der Waals surface area contributed by atoms with Gasteiger partial charge in [0.05, 0.1) is 9.77 Å². The molecule has 6 N–H and O–H groups in total. The molecular weight excluding hydrogens is 558 g/mol. The smallest absolute Gasteiger partial charge is 0.264 e. The van der Waals surface area contributed by atoms with E-state index < -0.39 is 27.9 Å². The Morgan fingerprint density at radius 3 is 1.93 bits per heavy atom. The van der Waals surface area contributed by atoms with Gasteiger partial charge >= 0.3 is 0 Å². The fourth-order valence-corrected chi connectivity index (χ4v) is 6.41. The lowest BCUT2D eigenvalue weighted by Crippen LogP contribution is -2.48. The highest BCUT2D eigenvalue weighted by Crippen LogP contribution is 2.36. The van der Waals surface area contributed by atoms with Gasteiger partial charge in [-0.15, -0.1) is 11.3 Å². The van der Waals surface area contributed by atoms with Gasteiger partial charge in [0.25, 0.3) is 21.8 Å². The second-order valence-corrected chi connectivity index (χ2v) is 12.0. The van der Waals surface area contributed by atoms with Gasteiger partial charge in [-0.25, -0.2) is 13.1 Å². The van der Waals surface area contributed by atoms with E-state index in [1.807, 2.05) is 66.7 Å². The van der Waals surface area contributed by atoms with Gasteiger partial charge in [0.15, 0.2) is 5.96 Å². The molecule has 1 atom stereocenters. The van der Waals surface area contributed by atoms with Crippen LogP contribution in [-0.4, -0.2) is 38.8 Å². The summed E-state index contributed by atoms with van der Waals surface area (Å²) >= 11 is 1.32. The highest BCUT2D eigenvalue weighted by atomic mass is 32.2. The summed E-state index contributed by atoms with van der Waals surface area (Å²) in [7, 11) is -4.13. The number of hydrogen-bond acceptors (Lipinski definition) is 6. The summed E-state index contributed by atoms with van der Waals surface area (Å²) in [6, 6.07) is 30.0. The summed E-state index contributed by atoms with van der Waals surface area (Å²) in [6.07, 6.45) is 0.453. The topological polar surface area (TPSA) is 157 Å². The van der Waals surface area contributed by atoms with E-state index >= 15 is 0 Å². The Bertz CT molecular complexity index is 1550. The van der Waals surface area contributed by atoms with Crippen molar-refractivity contribution >= 4 is 39.1 Å². The Hall–Kier alpha value is -4.48. The number of carbonyl (C=O) groups excluding carboxylic acids is 2. The molecule has 9 nitrogen and oxygen atoms in total. The number of nitrogens with one attached hydrogen (secondary N) is 2. The molecule has 0 unspecified atom stereocenters. The van der Waals surface area contributed by atoms with E-state index in [0.717, 1.165) is 16.0 Å². The van der Waals surface area contributed by atoms with Gasteiger partial charge in [0.1, 0.15) is 6.04 Å². The van der Waals surface area contributed by atoms with Crippen molar-refractivity contribution in [3.05, 3.63) is 124 Å². The van der Waals surface area contributed by atoms with Gasteiger partial charge in [-0.1, -0.05) is 78.9 Å². The quantitative estimate of drug-likeness (QED) is 0.112. The average Bonchev–Trinajstić information content (AvgIpc) is 3.46. The van der Waals surface area contributed by atoms with E-state index in [0.29, 0.717) is 11.3 Å². The van der Waals surface area contributed by atoms with Crippen LogP contribution in [0.1, 0.15) is 44.4 Å². The molecule has 4 rings (SSSR count). The molecular formula is C30H31N5O4S2. The molecule has 2 amide bonds. The normalized spacial score (nSPS) is 11.9. The first-order valence-electron chi connectivity index (χ1n) is 12.9. The summed E-state index contributed by atoms with van der Waals surface area (Å²) in [5.74, 6) is -1.52. The maximum absolute atomic E-state index is 13.3. The molecule has 1 aromatic heterocycles. The summed E-state index contributed by atoms with van der Waals surface area (Å²) in [5.41, 5.74) is 12.9. The number of guanidine groups is 1. The number of hydrogen-bond donors (Lipinski definition) is 4. The third kappa shape index (κ3) is 8.03. The Morgan fingerprint density at radius 2 is 1.37 bits per heavy atom. The first-order valence-corrected chi connectivity index (χ1v) is 15.2. The zero-order chi connectivity index (χ0) is 29.2. The number of nitrogens with zero attached hydrogens (tertiary/aromatic N) is 1. The molecule has 0 fully saturated rings. The highest BCUT2D eigenvalue weighted by molar-refractivity contribution is 7.90. The van der Waals surface area contributed by atoms with Gasteiger partial charge in [-0.2, -0.15) is 0 Å². The van der Waals surface area contributed by atoms with Gasteiger partial charge in [-0.3, -0.25) is 14.6 Å². The van der Waals surface area contributed by atoms with Crippen molar-refractivity contribution in [1.82, 2.24) is 10.0 Å². The Kier molecular flexibility index (Phi) is 9.88. The van der Waals surface area contributed by atoms with Crippen molar-refractivity contribution < 1.29 is 18.0 Å². The van der Waals surface area contributed by atoms with E-state index in [4.69, 9.17) is 11.5 Å². The minimum atomic E-state index is -4.13. The lowest BCUT2D eigenvalue weighted by Gasteiger charge is -2.18. The van der Waals surface area contributed by atoms with Crippen molar-refractivity contribution in [2.75, 3.05) is 6.54 Å². The zero-order valence-electron chi connectivity index (χ0n) is 22.1. The molecule has 1 heterocycles. The van der Waals surface area contributed by atoms with Gasteiger partial charge in [-0.05, 0) is 48.2 Å². The SMILES string of the molecule is NC(N)=NCCC[C@H](NC(=O)c1ccc(C(c2ccccc2)c2ccccc2)s1)C(=O)NS(=O)(=O)c1ccccc1. The van der Waals surface area contributed by atoms with Gasteiger partial charge in [0.2, 0.25) is 0 Å². The minimum Gasteiger partial charge on any atom is -0.370 e. The number of amides is 2.